The van der Waals surface area contributed by atoms with E-state index in [4.69, 9.17) is 11.6 Å². The van der Waals surface area contributed by atoms with E-state index in [-0.39, 0.29) is 5.03 Å². The van der Waals surface area contributed by atoms with Gasteiger partial charge in [-0.1, -0.05) is 0 Å². The Morgan fingerprint density at radius 3 is 2.42 bits per heavy atom. The summed E-state index contributed by atoms with van der Waals surface area (Å²) in [4.78, 5) is 6.28. The minimum Gasteiger partial charge on any atom is -0.337 e. The van der Waals surface area contributed by atoms with Gasteiger partial charge >= 0.3 is 0 Å². The SMILES string of the molecule is Cc1nc(S(=O)(=O)N2CCN(CCCl)CC2)cn1C. The molecule has 1 saturated heterocycles. The van der Waals surface area contributed by atoms with Crippen LogP contribution in [0.5, 0.6) is 0 Å². The number of aromatic nitrogens is 2. The molecule has 0 aromatic carbocycles. The summed E-state index contributed by atoms with van der Waals surface area (Å²) < 4.78 is 28.1. The van der Waals surface area contributed by atoms with Crippen LogP contribution < -0.4 is 0 Å². The fourth-order valence-corrected chi connectivity index (χ4v) is 3.78. The topological polar surface area (TPSA) is 58.4 Å². The summed E-state index contributed by atoms with van der Waals surface area (Å²) >= 11 is 5.69. The highest BCUT2D eigenvalue weighted by Crippen LogP contribution is 2.16. The molecule has 1 fully saturated rings. The number of hydrogen-bond acceptors (Lipinski definition) is 4. The van der Waals surface area contributed by atoms with Crippen LogP contribution in [0.4, 0.5) is 0 Å². The molecule has 2 heterocycles. The average Bonchev–Trinajstić information content (AvgIpc) is 2.71. The number of rotatable bonds is 4. The number of hydrogen-bond donors (Lipinski definition) is 0. The van der Waals surface area contributed by atoms with E-state index in [1.807, 2.05) is 0 Å². The number of imidazole rings is 1. The van der Waals surface area contributed by atoms with E-state index >= 15 is 0 Å². The zero-order valence-corrected chi connectivity index (χ0v) is 12.8. The fraction of sp³-hybridized carbons (Fsp3) is 0.727. The second kappa shape index (κ2) is 5.78. The van der Waals surface area contributed by atoms with E-state index in [0.717, 1.165) is 19.6 Å². The summed E-state index contributed by atoms with van der Waals surface area (Å²) in [5.74, 6) is 1.27. The van der Waals surface area contributed by atoms with Crippen LogP contribution in [0.25, 0.3) is 0 Å². The number of halogens is 1. The number of aryl methyl sites for hydroxylation is 2. The van der Waals surface area contributed by atoms with Gasteiger partial charge in [-0.15, -0.1) is 11.6 Å². The average molecular weight is 307 g/mol. The van der Waals surface area contributed by atoms with Crippen molar-refractivity contribution in [2.75, 3.05) is 38.6 Å². The highest BCUT2D eigenvalue weighted by Gasteiger charge is 2.30. The lowest BCUT2D eigenvalue weighted by Gasteiger charge is -2.33. The molecule has 0 aliphatic carbocycles. The molecule has 0 spiro atoms. The molecule has 0 unspecified atom stereocenters. The number of piperazine rings is 1. The van der Waals surface area contributed by atoms with Crippen LogP contribution in [0.1, 0.15) is 5.82 Å². The molecule has 0 atom stereocenters. The van der Waals surface area contributed by atoms with Crippen molar-refractivity contribution >= 4 is 21.6 Å². The summed E-state index contributed by atoms with van der Waals surface area (Å²) in [6.45, 7) is 5.02. The molecule has 19 heavy (non-hydrogen) atoms. The first-order valence-corrected chi connectivity index (χ1v) is 8.21. The molecule has 0 saturated carbocycles. The summed E-state index contributed by atoms with van der Waals surface area (Å²) in [5.41, 5.74) is 0. The monoisotopic (exact) mass is 306 g/mol. The van der Waals surface area contributed by atoms with Crippen molar-refractivity contribution < 1.29 is 8.42 Å². The van der Waals surface area contributed by atoms with E-state index in [1.165, 1.54) is 4.31 Å². The van der Waals surface area contributed by atoms with Crippen molar-refractivity contribution in [1.82, 2.24) is 18.8 Å². The molecule has 8 heteroatoms. The molecule has 0 bridgehead atoms. The standard InChI is InChI=1S/C11H19ClN4O2S/c1-10-13-11(9-14(10)2)19(17,18)16-7-5-15(4-3-12)6-8-16/h9H,3-8H2,1-2H3. The molecule has 0 radical (unpaired) electrons. The first-order chi connectivity index (χ1) is 8.95. The van der Waals surface area contributed by atoms with Crippen molar-refractivity contribution in [3.05, 3.63) is 12.0 Å². The normalized spacial score (nSPS) is 18.9. The number of alkyl halides is 1. The van der Waals surface area contributed by atoms with Crippen molar-refractivity contribution in [1.29, 1.82) is 0 Å². The minimum atomic E-state index is -3.46. The van der Waals surface area contributed by atoms with E-state index in [1.54, 1.807) is 24.7 Å². The second-order valence-electron chi connectivity index (χ2n) is 4.67. The Hall–Kier alpha value is -0.630. The Labute approximate surface area is 119 Å². The largest absolute Gasteiger partial charge is 0.337 e. The predicted molar refractivity (Wildman–Crippen MR) is 73.9 cm³/mol. The third kappa shape index (κ3) is 3.10. The molecule has 0 N–H and O–H groups in total. The second-order valence-corrected chi connectivity index (χ2v) is 6.93. The summed E-state index contributed by atoms with van der Waals surface area (Å²) in [7, 11) is -1.67. The van der Waals surface area contributed by atoms with Crippen LogP contribution in [-0.4, -0.2) is 65.8 Å². The van der Waals surface area contributed by atoms with Crippen LogP contribution in [0.3, 0.4) is 0 Å². The van der Waals surface area contributed by atoms with Gasteiger partial charge in [-0.2, -0.15) is 4.31 Å². The molecule has 1 aromatic rings. The zero-order chi connectivity index (χ0) is 14.0. The first kappa shape index (κ1) is 14.8. The molecule has 0 amide bonds. The van der Waals surface area contributed by atoms with Crippen molar-refractivity contribution in [3.8, 4) is 0 Å². The molecule has 6 nitrogen and oxygen atoms in total. The van der Waals surface area contributed by atoms with Crippen LogP contribution >= 0.6 is 11.6 Å². The highest BCUT2D eigenvalue weighted by molar-refractivity contribution is 7.89. The van der Waals surface area contributed by atoms with E-state index in [2.05, 4.69) is 9.88 Å². The summed E-state index contributed by atoms with van der Waals surface area (Å²) in [6, 6.07) is 0. The maximum atomic E-state index is 12.4. The van der Waals surface area contributed by atoms with Gasteiger partial charge in [-0.25, -0.2) is 13.4 Å². The van der Waals surface area contributed by atoms with Crippen molar-refractivity contribution in [2.45, 2.75) is 11.9 Å². The molecule has 2 rings (SSSR count). The van der Waals surface area contributed by atoms with E-state index in [0.29, 0.717) is 24.8 Å². The maximum absolute atomic E-state index is 12.4. The molecule has 1 aromatic heterocycles. The Bertz CT molecular complexity index is 515. The molecular weight excluding hydrogens is 288 g/mol. The number of sulfonamides is 1. The third-order valence-corrected chi connectivity index (χ3v) is 5.36. The Morgan fingerprint density at radius 1 is 1.32 bits per heavy atom. The van der Waals surface area contributed by atoms with Crippen LogP contribution in [0, 0.1) is 6.92 Å². The predicted octanol–water partition coefficient (Wildman–Crippen LogP) is 0.274. The van der Waals surface area contributed by atoms with Crippen LogP contribution in [0.2, 0.25) is 0 Å². The Kier molecular flexibility index (Phi) is 4.50. The lowest BCUT2D eigenvalue weighted by Crippen LogP contribution is -2.49. The summed E-state index contributed by atoms with van der Waals surface area (Å²) in [6.07, 6.45) is 1.57. The van der Waals surface area contributed by atoms with E-state index in [9.17, 15) is 8.42 Å². The van der Waals surface area contributed by atoms with Gasteiger partial charge < -0.3 is 4.57 Å². The molecule has 1 aliphatic rings. The lowest BCUT2D eigenvalue weighted by molar-refractivity contribution is 0.197. The maximum Gasteiger partial charge on any atom is 0.262 e. The van der Waals surface area contributed by atoms with Gasteiger partial charge in [-0.3, -0.25) is 4.90 Å². The van der Waals surface area contributed by atoms with Crippen LogP contribution in [0.15, 0.2) is 11.2 Å². The minimum absolute atomic E-state index is 0.137. The van der Waals surface area contributed by atoms with Gasteiger partial charge in [-0.05, 0) is 6.92 Å². The van der Waals surface area contributed by atoms with E-state index < -0.39 is 10.0 Å². The number of nitrogens with zero attached hydrogens (tertiary/aromatic N) is 4. The molecule has 1 aliphatic heterocycles. The van der Waals surface area contributed by atoms with Gasteiger partial charge in [0.1, 0.15) is 5.82 Å². The molecular formula is C11H19ClN4O2S. The Balaban J connectivity index is 2.09. The quantitative estimate of drug-likeness (QED) is 0.750. The first-order valence-electron chi connectivity index (χ1n) is 6.23. The van der Waals surface area contributed by atoms with Crippen LogP contribution in [-0.2, 0) is 17.1 Å². The molecule has 108 valence electrons. The van der Waals surface area contributed by atoms with Gasteiger partial charge in [0.05, 0.1) is 0 Å². The van der Waals surface area contributed by atoms with Crippen molar-refractivity contribution in [2.24, 2.45) is 7.05 Å². The highest BCUT2D eigenvalue weighted by atomic mass is 35.5. The van der Waals surface area contributed by atoms with Gasteiger partial charge in [0.15, 0.2) is 5.03 Å². The summed E-state index contributed by atoms with van der Waals surface area (Å²) in [5, 5.41) is 0.137. The van der Waals surface area contributed by atoms with Gasteiger partial charge in [0, 0.05) is 51.8 Å². The van der Waals surface area contributed by atoms with Gasteiger partial charge in [0.25, 0.3) is 10.0 Å². The third-order valence-electron chi connectivity index (χ3n) is 3.42. The van der Waals surface area contributed by atoms with Crippen molar-refractivity contribution in [3.63, 3.8) is 0 Å². The Morgan fingerprint density at radius 2 is 1.95 bits per heavy atom. The fourth-order valence-electron chi connectivity index (χ4n) is 2.10. The smallest absolute Gasteiger partial charge is 0.262 e. The van der Waals surface area contributed by atoms with Gasteiger partial charge in [0.2, 0.25) is 0 Å². The zero-order valence-electron chi connectivity index (χ0n) is 11.2. The lowest BCUT2D eigenvalue weighted by atomic mass is 10.4.